The molecule has 2 aromatic carbocycles. The van der Waals surface area contributed by atoms with Crippen molar-refractivity contribution >= 4 is 34.9 Å². The van der Waals surface area contributed by atoms with Gasteiger partial charge in [0.1, 0.15) is 0 Å². The van der Waals surface area contributed by atoms with Crippen molar-refractivity contribution in [1.29, 1.82) is 0 Å². The molecule has 0 saturated carbocycles. The third-order valence-electron chi connectivity index (χ3n) is 4.54. The van der Waals surface area contributed by atoms with Gasteiger partial charge in [-0.1, -0.05) is 72.4 Å². The monoisotopic (exact) mass is 425 g/mol. The van der Waals surface area contributed by atoms with Gasteiger partial charge in [0.2, 0.25) is 11.8 Å². The smallest absolute Gasteiger partial charge is 0.233 e. The molecule has 0 unspecified atom stereocenters. The predicted octanol–water partition coefficient (Wildman–Crippen LogP) is 3.82. The summed E-state index contributed by atoms with van der Waals surface area (Å²) in [4.78, 5) is 31.2. The van der Waals surface area contributed by atoms with Crippen LogP contribution in [-0.2, 0) is 16.0 Å². The predicted molar refractivity (Wildman–Crippen MR) is 118 cm³/mol. The quantitative estimate of drug-likeness (QED) is 0.557. The summed E-state index contributed by atoms with van der Waals surface area (Å²) in [6, 6.07) is 19.9. The van der Waals surface area contributed by atoms with Crippen molar-refractivity contribution in [2.75, 3.05) is 12.8 Å². The highest BCUT2D eigenvalue weighted by atomic mass is 32.2. The van der Waals surface area contributed by atoms with Gasteiger partial charge in [0.05, 0.1) is 23.9 Å². The lowest BCUT2D eigenvalue weighted by Crippen LogP contribution is -2.33. The molecule has 0 aliphatic carbocycles. The molecule has 2 N–H and O–H groups in total. The second-order valence-corrected chi connectivity index (χ2v) is 8.95. The Bertz CT molecular complexity index is 935. The highest BCUT2D eigenvalue weighted by Crippen LogP contribution is 2.31. The molecule has 0 saturated heterocycles. The second-order valence-electron chi connectivity index (χ2n) is 6.65. The number of primary amides is 1. The lowest BCUT2D eigenvalue weighted by atomic mass is 9.97. The Labute approximate surface area is 179 Å². The number of carbonyl (C=O) groups excluding carboxylic acids is 2. The largest absolute Gasteiger partial charge is 0.369 e. The maximum atomic E-state index is 13.0. The van der Waals surface area contributed by atoms with Crippen LogP contribution >= 0.6 is 23.1 Å². The maximum Gasteiger partial charge on any atom is 0.233 e. The summed E-state index contributed by atoms with van der Waals surface area (Å²) in [6.07, 6.45) is 0.183. The molecule has 3 rings (SSSR count). The Hall–Kier alpha value is -2.64. The van der Waals surface area contributed by atoms with E-state index in [9.17, 15) is 9.59 Å². The van der Waals surface area contributed by atoms with Crippen LogP contribution in [0.4, 0.5) is 0 Å². The third kappa shape index (κ3) is 5.46. The van der Waals surface area contributed by atoms with E-state index >= 15 is 0 Å². The highest BCUT2D eigenvalue weighted by Gasteiger charge is 2.23. The van der Waals surface area contributed by atoms with E-state index in [1.807, 2.05) is 74.6 Å². The number of amides is 2. The lowest BCUT2D eigenvalue weighted by molar-refractivity contribution is -0.128. The molecule has 0 spiro atoms. The average Bonchev–Trinajstić information content (AvgIpc) is 3.06. The van der Waals surface area contributed by atoms with Crippen LogP contribution in [0.2, 0.25) is 0 Å². The zero-order chi connectivity index (χ0) is 20.8. The van der Waals surface area contributed by atoms with Crippen molar-refractivity contribution in [3.05, 3.63) is 82.4 Å². The van der Waals surface area contributed by atoms with Gasteiger partial charge in [0, 0.05) is 11.9 Å². The van der Waals surface area contributed by atoms with E-state index in [1.165, 1.54) is 23.1 Å². The first kappa shape index (κ1) is 21.1. The van der Waals surface area contributed by atoms with Crippen LogP contribution in [-0.4, -0.2) is 34.5 Å². The first-order chi connectivity index (χ1) is 14.0. The minimum atomic E-state index is -0.377. The lowest BCUT2D eigenvalue weighted by Gasteiger charge is -2.29. The molecule has 0 fully saturated rings. The number of thiazole rings is 1. The first-order valence-corrected chi connectivity index (χ1v) is 11.0. The molecule has 0 aliphatic heterocycles. The Balaban J connectivity index is 1.74. The number of nitrogens with two attached hydrogens (primary N) is 1. The fourth-order valence-corrected chi connectivity index (χ4v) is 5.23. The Kier molecular flexibility index (Phi) is 7.06. The van der Waals surface area contributed by atoms with Crippen LogP contribution in [0, 0.1) is 6.92 Å². The Morgan fingerprint density at radius 1 is 1.07 bits per heavy atom. The van der Waals surface area contributed by atoms with Gasteiger partial charge in [-0.05, 0) is 18.1 Å². The van der Waals surface area contributed by atoms with Crippen molar-refractivity contribution in [2.45, 2.75) is 23.7 Å². The minimum Gasteiger partial charge on any atom is -0.369 e. The molecule has 5 nitrogen and oxygen atoms in total. The molecule has 7 heteroatoms. The average molecular weight is 426 g/mol. The summed E-state index contributed by atoms with van der Waals surface area (Å²) < 4.78 is 0.775. The van der Waals surface area contributed by atoms with Gasteiger partial charge >= 0.3 is 0 Å². The summed E-state index contributed by atoms with van der Waals surface area (Å²) in [7, 11) is 1.83. The molecule has 0 aliphatic rings. The number of hydrogen-bond donors (Lipinski definition) is 1. The summed E-state index contributed by atoms with van der Waals surface area (Å²) in [6.45, 7) is 1.85. The molecule has 0 radical (unpaired) electrons. The summed E-state index contributed by atoms with van der Waals surface area (Å²) >= 11 is 2.81. The molecule has 3 aromatic rings. The van der Waals surface area contributed by atoms with E-state index in [-0.39, 0.29) is 30.0 Å². The van der Waals surface area contributed by atoms with E-state index in [0.29, 0.717) is 0 Å². The van der Waals surface area contributed by atoms with Crippen LogP contribution in [0.1, 0.15) is 27.7 Å². The maximum absolute atomic E-state index is 13.0. The van der Waals surface area contributed by atoms with Crippen molar-refractivity contribution in [3.8, 4) is 0 Å². The van der Waals surface area contributed by atoms with E-state index in [0.717, 1.165) is 26.0 Å². The van der Waals surface area contributed by atoms with Crippen LogP contribution in [0.25, 0.3) is 0 Å². The Morgan fingerprint density at radius 2 is 1.62 bits per heavy atom. The molecule has 1 heterocycles. The highest BCUT2D eigenvalue weighted by molar-refractivity contribution is 8.01. The minimum absolute atomic E-state index is 0.0111. The zero-order valence-corrected chi connectivity index (χ0v) is 18.0. The van der Waals surface area contributed by atoms with E-state index in [4.69, 9.17) is 5.73 Å². The number of nitrogens with zero attached hydrogens (tertiary/aromatic N) is 2. The van der Waals surface area contributed by atoms with Gasteiger partial charge in [-0.3, -0.25) is 9.59 Å². The number of thioether (sulfide) groups is 1. The van der Waals surface area contributed by atoms with Crippen molar-refractivity contribution in [2.24, 2.45) is 5.73 Å². The number of carbonyl (C=O) groups is 2. The molecule has 1 aromatic heterocycles. The molecule has 0 atom stereocenters. The molecule has 0 bridgehead atoms. The number of hydrogen-bond acceptors (Lipinski definition) is 5. The SMILES string of the molecule is Cc1nc(SCC(=O)N(C)C(c2ccccc2)c2ccccc2)sc1CC(N)=O. The molecule has 150 valence electrons. The number of aryl methyl sites for hydroxylation is 1. The fraction of sp³-hybridized carbons (Fsp3) is 0.227. The van der Waals surface area contributed by atoms with Gasteiger partial charge in [0.25, 0.3) is 0 Å². The molecular formula is C22H23N3O2S2. The summed E-state index contributed by atoms with van der Waals surface area (Å²) in [5.41, 5.74) is 8.20. The van der Waals surface area contributed by atoms with Gasteiger partial charge in [-0.25, -0.2) is 4.98 Å². The molecule has 2 amide bonds. The topological polar surface area (TPSA) is 76.3 Å². The van der Waals surface area contributed by atoms with Crippen LogP contribution in [0.15, 0.2) is 65.0 Å². The van der Waals surface area contributed by atoms with Gasteiger partial charge in [-0.2, -0.15) is 0 Å². The van der Waals surface area contributed by atoms with Crippen LogP contribution < -0.4 is 5.73 Å². The first-order valence-electron chi connectivity index (χ1n) is 9.18. The van der Waals surface area contributed by atoms with Crippen LogP contribution in [0.3, 0.4) is 0 Å². The molecular weight excluding hydrogens is 402 g/mol. The van der Waals surface area contributed by atoms with Gasteiger partial charge in [0.15, 0.2) is 4.34 Å². The van der Waals surface area contributed by atoms with E-state index in [2.05, 4.69) is 4.98 Å². The Morgan fingerprint density at radius 3 is 2.14 bits per heavy atom. The summed E-state index contributed by atoms with van der Waals surface area (Å²) in [5.74, 6) is -0.0926. The normalized spacial score (nSPS) is 10.9. The standard InChI is InChI=1S/C22H23N3O2S2/c1-15-18(13-19(23)26)29-22(24-15)28-14-20(27)25(2)21(16-9-5-3-6-10-16)17-11-7-4-8-12-17/h3-12,21H,13-14H2,1-2H3,(H2,23,26). The van der Waals surface area contributed by atoms with Crippen molar-refractivity contribution in [3.63, 3.8) is 0 Å². The number of aromatic nitrogens is 1. The fourth-order valence-electron chi connectivity index (χ4n) is 3.06. The van der Waals surface area contributed by atoms with E-state index < -0.39 is 0 Å². The number of benzene rings is 2. The zero-order valence-electron chi connectivity index (χ0n) is 16.4. The van der Waals surface area contributed by atoms with Gasteiger partial charge < -0.3 is 10.6 Å². The van der Waals surface area contributed by atoms with Crippen molar-refractivity contribution in [1.82, 2.24) is 9.88 Å². The molecule has 29 heavy (non-hydrogen) atoms. The van der Waals surface area contributed by atoms with E-state index in [1.54, 1.807) is 4.90 Å². The second kappa shape index (κ2) is 9.71. The summed E-state index contributed by atoms with van der Waals surface area (Å²) in [5, 5.41) is 0. The van der Waals surface area contributed by atoms with Crippen molar-refractivity contribution < 1.29 is 9.59 Å². The van der Waals surface area contributed by atoms with Crippen LogP contribution in [0.5, 0.6) is 0 Å². The van der Waals surface area contributed by atoms with Gasteiger partial charge in [-0.15, -0.1) is 11.3 Å². The third-order valence-corrected chi connectivity index (χ3v) is 6.82. The number of rotatable bonds is 8.